The van der Waals surface area contributed by atoms with Crippen LogP contribution in [0.25, 0.3) is 0 Å². The van der Waals surface area contributed by atoms with Gasteiger partial charge in [0, 0.05) is 0 Å². The third kappa shape index (κ3) is 4.48. The van der Waals surface area contributed by atoms with Gasteiger partial charge in [-0.15, -0.1) is 0 Å². The Kier molecular flexibility index (Phi) is 4.48. The summed E-state index contributed by atoms with van der Waals surface area (Å²) in [6.07, 6.45) is 9.75. The van der Waals surface area contributed by atoms with Gasteiger partial charge >= 0.3 is 0 Å². The lowest BCUT2D eigenvalue weighted by molar-refractivity contribution is 0.356. The molecule has 0 unspecified atom stereocenters. The van der Waals surface area contributed by atoms with Gasteiger partial charge in [0.25, 0.3) is 0 Å². The molecular formula is C18H28. The Bertz CT molecular complexity index is 364. The number of rotatable bonds is 3. The quantitative estimate of drug-likeness (QED) is 0.668. The van der Waals surface area contributed by atoms with Crippen LogP contribution in [0, 0.1) is 11.3 Å². The minimum Gasteiger partial charge on any atom is -0.0617 e. The number of benzene rings is 1. The highest BCUT2D eigenvalue weighted by molar-refractivity contribution is 5.24. The van der Waals surface area contributed by atoms with Crippen molar-refractivity contribution in [2.45, 2.75) is 65.7 Å². The summed E-state index contributed by atoms with van der Waals surface area (Å²) in [5.41, 5.74) is 3.46. The van der Waals surface area contributed by atoms with Crippen LogP contribution in [0.5, 0.6) is 0 Å². The van der Waals surface area contributed by atoms with Crippen LogP contribution in [0.2, 0.25) is 0 Å². The molecule has 0 nitrogen and oxygen atoms in total. The van der Waals surface area contributed by atoms with Gasteiger partial charge in [-0.1, -0.05) is 77.1 Å². The summed E-state index contributed by atoms with van der Waals surface area (Å²) in [5.74, 6) is 0.948. The first kappa shape index (κ1) is 13.6. The van der Waals surface area contributed by atoms with Gasteiger partial charge < -0.3 is 0 Å². The predicted octanol–water partition coefficient (Wildman–Crippen LogP) is 5.40. The van der Waals surface area contributed by atoms with Gasteiger partial charge in [0.15, 0.2) is 0 Å². The van der Waals surface area contributed by atoms with E-state index in [1.165, 1.54) is 50.5 Å². The normalized spacial score (nSPS) is 17.9. The maximum Gasteiger partial charge on any atom is -0.0230 e. The SMILES string of the molecule is CC(C)(C)Cc1cccc(CC2CCCCC2)c1. The van der Waals surface area contributed by atoms with Crippen molar-refractivity contribution in [1.29, 1.82) is 0 Å². The monoisotopic (exact) mass is 244 g/mol. The molecule has 0 N–H and O–H groups in total. The Morgan fingerprint density at radius 3 is 2.33 bits per heavy atom. The summed E-state index contributed by atoms with van der Waals surface area (Å²) in [6, 6.07) is 9.30. The van der Waals surface area contributed by atoms with Crippen LogP contribution < -0.4 is 0 Å². The smallest absolute Gasteiger partial charge is 0.0230 e. The Morgan fingerprint density at radius 1 is 1.00 bits per heavy atom. The summed E-state index contributed by atoms with van der Waals surface area (Å²) in [7, 11) is 0. The second-order valence-corrected chi connectivity index (χ2v) is 7.27. The molecule has 1 saturated carbocycles. The van der Waals surface area contributed by atoms with Crippen molar-refractivity contribution in [3.05, 3.63) is 35.4 Å². The van der Waals surface area contributed by atoms with Crippen LogP contribution in [-0.2, 0) is 12.8 Å². The van der Waals surface area contributed by atoms with E-state index in [-0.39, 0.29) is 0 Å². The summed E-state index contributed by atoms with van der Waals surface area (Å²) in [6.45, 7) is 6.96. The molecule has 0 radical (unpaired) electrons. The average molecular weight is 244 g/mol. The van der Waals surface area contributed by atoms with Crippen molar-refractivity contribution >= 4 is 0 Å². The van der Waals surface area contributed by atoms with E-state index in [0.29, 0.717) is 5.41 Å². The summed E-state index contributed by atoms with van der Waals surface area (Å²) in [4.78, 5) is 0. The molecule has 1 aliphatic rings. The molecular weight excluding hydrogens is 216 g/mol. The lowest BCUT2D eigenvalue weighted by Gasteiger charge is -2.22. The molecule has 0 aliphatic heterocycles. The van der Waals surface area contributed by atoms with E-state index in [1.807, 2.05) is 0 Å². The fraction of sp³-hybridized carbons (Fsp3) is 0.667. The van der Waals surface area contributed by atoms with Crippen LogP contribution in [0.1, 0.15) is 64.0 Å². The van der Waals surface area contributed by atoms with E-state index in [4.69, 9.17) is 0 Å². The van der Waals surface area contributed by atoms with Crippen molar-refractivity contribution in [3.63, 3.8) is 0 Å². The highest BCUT2D eigenvalue weighted by Crippen LogP contribution is 2.28. The zero-order valence-electron chi connectivity index (χ0n) is 12.3. The predicted molar refractivity (Wildman–Crippen MR) is 79.9 cm³/mol. The second kappa shape index (κ2) is 5.91. The lowest BCUT2D eigenvalue weighted by Crippen LogP contribution is -2.11. The van der Waals surface area contributed by atoms with Crippen LogP contribution >= 0.6 is 0 Å². The fourth-order valence-electron chi connectivity index (χ4n) is 3.20. The molecule has 1 aromatic carbocycles. The molecule has 2 rings (SSSR count). The van der Waals surface area contributed by atoms with E-state index in [1.54, 1.807) is 5.56 Å². The highest BCUT2D eigenvalue weighted by Gasteiger charge is 2.15. The first-order chi connectivity index (χ1) is 8.53. The maximum absolute atomic E-state index is 2.44. The molecule has 0 aromatic heterocycles. The first-order valence-electron chi connectivity index (χ1n) is 7.61. The Labute approximate surface area is 113 Å². The largest absolute Gasteiger partial charge is 0.0617 e. The Morgan fingerprint density at radius 2 is 1.67 bits per heavy atom. The second-order valence-electron chi connectivity index (χ2n) is 7.27. The molecule has 0 amide bonds. The van der Waals surface area contributed by atoms with E-state index < -0.39 is 0 Å². The lowest BCUT2D eigenvalue weighted by atomic mass is 9.83. The summed E-state index contributed by atoms with van der Waals surface area (Å²) in [5, 5.41) is 0. The summed E-state index contributed by atoms with van der Waals surface area (Å²) < 4.78 is 0. The minimum atomic E-state index is 0.392. The zero-order chi connectivity index (χ0) is 13.0. The van der Waals surface area contributed by atoms with Crippen LogP contribution in [0.4, 0.5) is 0 Å². The van der Waals surface area contributed by atoms with E-state index in [9.17, 15) is 0 Å². The minimum absolute atomic E-state index is 0.392. The Hall–Kier alpha value is -0.780. The standard InChI is InChI=1S/C18H28/c1-18(2,3)14-17-11-7-10-16(13-17)12-15-8-5-4-6-9-15/h7,10-11,13,15H,4-6,8-9,12,14H2,1-3H3. The zero-order valence-corrected chi connectivity index (χ0v) is 12.3. The number of hydrogen-bond donors (Lipinski definition) is 0. The first-order valence-corrected chi connectivity index (χ1v) is 7.61. The highest BCUT2D eigenvalue weighted by atomic mass is 14.2. The molecule has 0 heterocycles. The fourth-order valence-corrected chi connectivity index (χ4v) is 3.20. The van der Waals surface area contributed by atoms with Crippen LogP contribution in [0.15, 0.2) is 24.3 Å². The van der Waals surface area contributed by atoms with Crippen molar-refractivity contribution in [2.24, 2.45) is 11.3 Å². The van der Waals surface area contributed by atoms with E-state index >= 15 is 0 Å². The van der Waals surface area contributed by atoms with Gasteiger partial charge in [0.05, 0.1) is 0 Å². The topological polar surface area (TPSA) is 0 Å². The molecule has 0 heteroatoms. The molecule has 1 aliphatic carbocycles. The molecule has 1 aromatic rings. The van der Waals surface area contributed by atoms with Crippen molar-refractivity contribution in [3.8, 4) is 0 Å². The Balaban J connectivity index is 1.98. The third-order valence-electron chi connectivity index (χ3n) is 3.97. The van der Waals surface area contributed by atoms with Crippen LogP contribution in [0.3, 0.4) is 0 Å². The van der Waals surface area contributed by atoms with E-state index in [2.05, 4.69) is 45.0 Å². The van der Waals surface area contributed by atoms with Gasteiger partial charge in [-0.3, -0.25) is 0 Å². The van der Waals surface area contributed by atoms with Crippen molar-refractivity contribution < 1.29 is 0 Å². The van der Waals surface area contributed by atoms with Gasteiger partial charge in [0.1, 0.15) is 0 Å². The summed E-state index contributed by atoms with van der Waals surface area (Å²) >= 11 is 0. The molecule has 0 bridgehead atoms. The number of hydrogen-bond acceptors (Lipinski definition) is 0. The third-order valence-corrected chi connectivity index (χ3v) is 3.97. The molecule has 0 atom stereocenters. The van der Waals surface area contributed by atoms with Crippen molar-refractivity contribution in [2.75, 3.05) is 0 Å². The molecule has 1 fully saturated rings. The van der Waals surface area contributed by atoms with Crippen molar-refractivity contribution in [1.82, 2.24) is 0 Å². The van der Waals surface area contributed by atoms with Crippen LogP contribution in [-0.4, -0.2) is 0 Å². The van der Waals surface area contributed by atoms with Gasteiger partial charge in [-0.25, -0.2) is 0 Å². The maximum atomic E-state index is 2.44. The molecule has 18 heavy (non-hydrogen) atoms. The van der Waals surface area contributed by atoms with Gasteiger partial charge in [-0.2, -0.15) is 0 Å². The molecule has 0 saturated heterocycles. The average Bonchev–Trinajstić information content (AvgIpc) is 2.28. The molecule has 100 valence electrons. The van der Waals surface area contributed by atoms with Gasteiger partial charge in [0.2, 0.25) is 0 Å². The van der Waals surface area contributed by atoms with Gasteiger partial charge in [-0.05, 0) is 35.3 Å². The molecule has 0 spiro atoms. The van der Waals surface area contributed by atoms with E-state index in [0.717, 1.165) is 5.92 Å².